The Kier molecular flexibility index (Phi) is 7.68. The summed E-state index contributed by atoms with van der Waals surface area (Å²) in [5, 5.41) is 11.4. The van der Waals surface area contributed by atoms with Crippen LogP contribution in [0, 0.1) is 0 Å². The number of thiophene rings is 1. The van der Waals surface area contributed by atoms with Gasteiger partial charge in [-0.15, -0.1) is 23.1 Å². The van der Waals surface area contributed by atoms with Crippen LogP contribution in [-0.2, 0) is 10.5 Å². The molecule has 0 aliphatic carbocycles. The summed E-state index contributed by atoms with van der Waals surface area (Å²) in [6.45, 7) is 0.828. The first-order chi connectivity index (χ1) is 8.22. The Bertz CT molecular complexity index is 344. The summed E-state index contributed by atoms with van der Waals surface area (Å²) in [4.78, 5) is 12.6. The number of aliphatic hydroxyl groups excluding tert-OH is 1. The van der Waals surface area contributed by atoms with Gasteiger partial charge in [0.05, 0.1) is 10.1 Å². The predicted octanol–water partition coefficient (Wildman–Crippen LogP) is 2.52. The van der Waals surface area contributed by atoms with E-state index in [1.165, 1.54) is 4.88 Å². The smallest absolute Gasteiger partial charge is 0.230 e. The molecule has 6 heteroatoms. The SMILES string of the molecule is O=C(CSCc1ccc(Cl)s1)NCCCCO. The average molecular weight is 294 g/mol. The number of hydrogen-bond acceptors (Lipinski definition) is 4. The lowest BCUT2D eigenvalue weighted by atomic mass is 10.3. The van der Waals surface area contributed by atoms with Gasteiger partial charge in [0.1, 0.15) is 0 Å². The van der Waals surface area contributed by atoms with Crippen molar-refractivity contribution in [3.05, 3.63) is 21.3 Å². The maximum Gasteiger partial charge on any atom is 0.230 e. The standard InChI is InChI=1S/C11H16ClNO2S2/c12-10-4-3-9(17-10)7-16-8-11(15)13-5-1-2-6-14/h3-4,14H,1-2,5-8H2,(H,13,15). The van der Waals surface area contributed by atoms with E-state index in [0.717, 1.165) is 22.9 Å². The van der Waals surface area contributed by atoms with Gasteiger partial charge in [0, 0.05) is 23.8 Å². The Morgan fingerprint density at radius 1 is 1.47 bits per heavy atom. The summed E-state index contributed by atoms with van der Waals surface area (Å²) in [7, 11) is 0. The van der Waals surface area contributed by atoms with Crippen LogP contribution in [0.3, 0.4) is 0 Å². The summed E-state index contributed by atoms with van der Waals surface area (Å²) in [6.07, 6.45) is 1.56. The Morgan fingerprint density at radius 3 is 2.94 bits per heavy atom. The highest BCUT2D eigenvalue weighted by Gasteiger charge is 2.02. The molecule has 0 unspecified atom stereocenters. The minimum absolute atomic E-state index is 0.0515. The van der Waals surface area contributed by atoms with Crippen molar-refractivity contribution in [2.24, 2.45) is 0 Å². The van der Waals surface area contributed by atoms with Gasteiger partial charge in [-0.25, -0.2) is 0 Å². The number of thioether (sulfide) groups is 1. The van der Waals surface area contributed by atoms with E-state index in [2.05, 4.69) is 5.32 Å². The van der Waals surface area contributed by atoms with Crippen LogP contribution in [0.4, 0.5) is 0 Å². The predicted molar refractivity (Wildman–Crippen MR) is 74.8 cm³/mol. The number of unbranched alkanes of at least 4 members (excludes halogenated alkanes) is 1. The maximum absolute atomic E-state index is 11.4. The maximum atomic E-state index is 11.4. The number of amides is 1. The van der Waals surface area contributed by atoms with Gasteiger partial charge in [-0.1, -0.05) is 11.6 Å². The largest absolute Gasteiger partial charge is 0.396 e. The quantitative estimate of drug-likeness (QED) is 0.724. The van der Waals surface area contributed by atoms with Crippen molar-refractivity contribution in [3.8, 4) is 0 Å². The molecule has 2 N–H and O–H groups in total. The van der Waals surface area contributed by atoms with Gasteiger partial charge in [0.25, 0.3) is 0 Å². The van der Waals surface area contributed by atoms with Gasteiger partial charge < -0.3 is 10.4 Å². The molecular formula is C11H16ClNO2S2. The molecule has 1 rings (SSSR count). The fourth-order valence-electron chi connectivity index (χ4n) is 1.19. The first kappa shape index (κ1) is 14.8. The van der Waals surface area contributed by atoms with E-state index in [1.807, 2.05) is 12.1 Å². The molecule has 0 atom stereocenters. The highest BCUT2D eigenvalue weighted by molar-refractivity contribution is 7.99. The van der Waals surface area contributed by atoms with E-state index >= 15 is 0 Å². The molecule has 0 radical (unpaired) electrons. The monoisotopic (exact) mass is 293 g/mol. The van der Waals surface area contributed by atoms with Crippen LogP contribution in [0.1, 0.15) is 17.7 Å². The highest BCUT2D eigenvalue weighted by atomic mass is 35.5. The molecule has 0 spiro atoms. The van der Waals surface area contributed by atoms with Crippen molar-refractivity contribution in [1.82, 2.24) is 5.32 Å². The number of aliphatic hydroxyl groups is 1. The number of carbonyl (C=O) groups is 1. The fourth-order valence-corrected chi connectivity index (χ4v) is 3.24. The molecule has 0 saturated carbocycles. The fraction of sp³-hybridized carbons (Fsp3) is 0.545. The van der Waals surface area contributed by atoms with Crippen molar-refractivity contribution >= 4 is 40.6 Å². The molecule has 96 valence electrons. The summed E-state index contributed by atoms with van der Waals surface area (Å²) < 4.78 is 0.786. The summed E-state index contributed by atoms with van der Waals surface area (Å²) in [5.74, 6) is 1.34. The topological polar surface area (TPSA) is 49.3 Å². The minimum atomic E-state index is 0.0515. The van der Waals surface area contributed by atoms with Gasteiger partial charge in [-0.05, 0) is 25.0 Å². The molecule has 17 heavy (non-hydrogen) atoms. The molecule has 0 aliphatic heterocycles. The first-order valence-corrected chi connectivity index (χ1v) is 7.77. The van der Waals surface area contributed by atoms with E-state index < -0.39 is 0 Å². The van der Waals surface area contributed by atoms with Crippen molar-refractivity contribution in [1.29, 1.82) is 0 Å². The Hall–Kier alpha value is -0.230. The number of carbonyl (C=O) groups excluding carboxylic acids is 1. The summed E-state index contributed by atoms with van der Waals surface area (Å²) in [6, 6.07) is 3.86. The highest BCUT2D eigenvalue weighted by Crippen LogP contribution is 2.24. The average Bonchev–Trinajstić information content (AvgIpc) is 2.71. The Balaban J connectivity index is 2.04. The zero-order valence-corrected chi connectivity index (χ0v) is 11.8. The second kappa shape index (κ2) is 8.80. The lowest BCUT2D eigenvalue weighted by Crippen LogP contribution is -2.26. The van der Waals surface area contributed by atoms with E-state index in [4.69, 9.17) is 16.7 Å². The Morgan fingerprint density at radius 2 is 2.29 bits per heavy atom. The number of rotatable bonds is 8. The summed E-state index contributed by atoms with van der Waals surface area (Å²) >= 11 is 8.94. The third kappa shape index (κ3) is 6.93. The molecule has 0 fully saturated rings. The lowest BCUT2D eigenvalue weighted by molar-refractivity contribution is -0.118. The molecule has 0 aliphatic rings. The van der Waals surface area contributed by atoms with Crippen LogP contribution in [0.2, 0.25) is 4.34 Å². The third-order valence-electron chi connectivity index (χ3n) is 2.01. The second-order valence-corrected chi connectivity index (χ2v) is 6.26. The van der Waals surface area contributed by atoms with Crippen LogP contribution in [0.5, 0.6) is 0 Å². The van der Waals surface area contributed by atoms with E-state index in [1.54, 1.807) is 23.1 Å². The van der Waals surface area contributed by atoms with Crippen LogP contribution in [0.25, 0.3) is 0 Å². The summed E-state index contributed by atoms with van der Waals surface area (Å²) in [5.41, 5.74) is 0. The van der Waals surface area contributed by atoms with Crippen molar-refractivity contribution < 1.29 is 9.90 Å². The molecule has 0 aromatic carbocycles. The van der Waals surface area contributed by atoms with E-state index in [0.29, 0.717) is 12.3 Å². The normalized spacial score (nSPS) is 10.5. The van der Waals surface area contributed by atoms with Gasteiger partial charge in [0.15, 0.2) is 0 Å². The molecule has 1 aromatic rings. The number of nitrogens with one attached hydrogen (secondary N) is 1. The molecule has 1 heterocycles. The van der Waals surface area contributed by atoms with Gasteiger partial charge >= 0.3 is 0 Å². The van der Waals surface area contributed by atoms with Crippen molar-refractivity contribution in [3.63, 3.8) is 0 Å². The zero-order chi connectivity index (χ0) is 12.5. The van der Waals surface area contributed by atoms with E-state index in [-0.39, 0.29) is 12.5 Å². The molecule has 3 nitrogen and oxygen atoms in total. The van der Waals surface area contributed by atoms with Crippen LogP contribution >= 0.6 is 34.7 Å². The second-order valence-electron chi connectivity index (χ2n) is 3.48. The lowest BCUT2D eigenvalue weighted by Gasteiger charge is -2.03. The van der Waals surface area contributed by atoms with Gasteiger partial charge in [-0.3, -0.25) is 4.79 Å². The van der Waals surface area contributed by atoms with Crippen molar-refractivity contribution in [2.75, 3.05) is 18.9 Å². The number of halogens is 1. The third-order valence-corrected chi connectivity index (χ3v) is 4.41. The van der Waals surface area contributed by atoms with Crippen LogP contribution in [0.15, 0.2) is 12.1 Å². The minimum Gasteiger partial charge on any atom is -0.396 e. The number of hydrogen-bond donors (Lipinski definition) is 2. The van der Waals surface area contributed by atoms with Gasteiger partial charge in [-0.2, -0.15) is 0 Å². The molecule has 1 aromatic heterocycles. The molecule has 1 amide bonds. The zero-order valence-electron chi connectivity index (χ0n) is 9.45. The Labute approximate surface area is 115 Å². The molecule has 0 bridgehead atoms. The molecular weight excluding hydrogens is 278 g/mol. The van der Waals surface area contributed by atoms with E-state index in [9.17, 15) is 4.79 Å². The molecule has 0 saturated heterocycles. The van der Waals surface area contributed by atoms with Gasteiger partial charge in [0.2, 0.25) is 5.91 Å². The van der Waals surface area contributed by atoms with Crippen LogP contribution in [-0.4, -0.2) is 29.9 Å². The van der Waals surface area contributed by atoms with Crippen LogP contribution < -0.4 is 5.32 Å². The first-order valence-electron chi connectivity index (χ1n) is 5.42. The van der Waals surface area contributed by atoms with Crippen molar-refractivity contribution in [2.45, 2.75) is 18.6 Å².